The summed E-state index contributed by atoms with van der Waals surface area (Å²) in [6.07, 6.45) is 0. The molecular formula is C10H13N3. The monoisotopic (exact) mass is 175 g/mol. The summed E-state index contributed by atoms with van der Waals surface area (Å²) in [7, 11) is 1.89. The molecule has 1 aromatic carbocycles. The number of hydrogen-bond acceptors (Lipinski definition) is 2. The molecule has 0 heterocycles. The molecule has 0 atom stereocenters. The van der Waals surface area contributed by atoms with Crippen LogP contribution in [0.1, 0.15) is 11.1 Å². The van der Waals surface area contributed by atoms with E-state index < -0.39 is 0 Å². The van der Waals surface area contributed by atoms with Crippen molar-refractivity contribution in [2.24, 2.45) is 4.99 Å². The van der Waals surface area contributed by atoms with Gasteiger partial charge in [0.1, 0.15) is 0 Å². The minimum absolute atomic E-state index is 0.220. The van der Waals surface area contributed by atoms with Crippen LogP contribution in [0.15, 0.2) is 29.3 Å². The Kier molecular flexibility index (Phi) is 3.34. The predicted molar refractivity (Wildman–Crippen MR) is 55.6 cm³/mol. The average Bonchev–Trinajstić information content (AvgIpc) is 2.18. The van der Waals surface area contributed by atoms with E-state index in [0.717, 1.165) is 17.7 Å². The molecule has 3 heteroatoms. The summed E-state index contributed by atoms with van der Waals surface area (Å²) in [6, 6.07) is 7.72. The zero-order valence-corrected chi connectivity index (χ0v) is 7.67. The molecule has 0 aromatic heterocycles. The lowest BCUT2D eigenvalue weighted by atomic mass is 10.1. The molecular weight excluding hydrogens is 162 g/mol. The highest BCUT2D eigenvalue weighted by atomic mass is 14.8. The molecule has 0 unspecified atom stereocenters. The van der Waals surface area contributed by atoms with Gasteiger partial charge in [0, 0.05) is 12.1 Å². The summed E-state index contributed by atoms with van der Waals surface area (Å²) in [5.41, 5.74) is 1.95. The number of amidine groups is 1. The highest BCUT2D eigenvalue weighted by molar-refractivity contribution is 5.99. The fourth-order valence-corrected chi connectivity index (χ4v) is 1.12. The van der Waals surface area contributed by atoms with Crippen LogP contribution in [-0.4, -0.2) is 19.6 Å². The summed E-state index contributed by atoms with van der Waals surface area (Å²) in [5, 5.41) is 10.5. The van der Waals surface area contributed by atoms with Gasteiger partial charge in [0.25, 0.3) is 0 Å². The first-order valence-electron chi connectivity index (χ1n) is 4.07. The number of hydrogen-bond donors (Lipinski definition) is 2. The van der Waals surface area contributed by atoms with Gasteiger partial charge in [0.2, 0.25) is 0 Å². The van der Waals surface area contributed by atoms with Crippen LogP contribution in [0.5, 0.6) is 0 Å². The quantitative estimate of drug-likeness (QED) is 0.530. The van der Waals surface area contributed by atoms with E-state index in [0.29, 0.717) is 0 Å². The van der Waals surface area contributed by atoms with Crippen LogP contribution in [-0.2, 0) is 6.54 Å². The Morgan fingerprint density at radius 1 is 1.62 bits per heavy atom. The predicted octanol–water partition coefficient (Wildman–Crippen LogP) is 1.43. The minimum atomic E-state index is 0.220. The SMILES string of the molecule is C=NC(=N)c1cccc(CNC)c1. The fourth-order valence-electron chi connectivity index (χ4n) is 1.12. The van der Waals surface area contributed by atoms with Crippen LogP contribution in [0.3, 0.4) is 0 Å². The second-order valence-corrected chi connectivity index (χ2v) is 2.74. The molecule has 0 saturated carbocycles. The maximum atomic E-state index is 7.46. The van der Waals surface area contributed by atoms with Gasteiger partial charge in [-0.3, -0.25) is 5.41 Å². The highest BCUT2D eigenvalue weighted by Crippen LogP contribution is 2.05. The number of nitrogens with one attached hydrogen (secondary N) is 2. The lowest BCUT2D eigenvalue weighted by Crippen LogP contribution is -2.06. The smallest absolute Gasteiger partial charge is 0.151 e. The van der Waals surface area contributed by atoms with Gasteiger partial charge < -0.3 is 5.32 Å². The molecule has 1 aromatic rings. The summed E-state index contributed by atoms with van der Waals surface area (Å²) in [5.74, 6) is 0.220. The van der Waals surface area contributed by atoms with Crippen molar-refractivity contribution in [1.29, 1.82) is 5.41 Å². The minimum Gasteiger partial charge on any atom is -0.316 e. The van der Waals surface area contributed by atoms with Crippen molar-refractivity contribution in [3.63, 3.8) is 0 Å². The number of aliphatic imine (C=N–C) groups is 1. The molecule has 1 rings (SSSR count). The number of rotatable bonds is 3. The fraction of sp³-hybridized carbons (Fsp3) is 0.200. The van der Waals surface area contributed by atoms with Crippen LogP contribution in [0.2, 0.25) is 0 Å². The Morgan fingerprint density at radius 2 is 2.38 bits per heavy atom. The molecule has 0 aliphatic carbocycles. The van der Waals surface area contributed by atoms with Gasteiger partial charge in [-0.1, -0.05) is 18.2 Å². The molecule has 0 amide bonds. The largest absolute Gasteiger partial charge is 0.316 e. The van der Waals surface area contributed by atoms with Gasteiger partial charge in [-0.15, -0.1) is 0 Å². The van der Waals surface area contributed by atoms with Gasteiger partial charge in [0.15, 0.2) is 5.84 Å². The van der Waals surface area contributed by atoms with Gasteiger partial charge in [-0.2, -0.15) is 0 Å². The van der Waals surface area contributed by atoms with Crippen molar-refractivity contribution in [3.05, 3.63) is 35.4 Å². The Balaban J connectivity index is 2.91. The van der Waals surface area contributed by atoms with E-state index in [-0.39, 0.29) is 5.84 Å². The van der Waals surface area contributed by atoms with Crippen LogP contribution in [0, 0.1) is 5.41 Å². The second-order valence-electron chi connectivity index (χ2n) is 2.74. The topological polar surface area (TPSA) is 48.2 Å². The van der Waals surface area contributed by atoms with E-state index in [9.17, 15) is 0 Å². The first kappa shape index (κ1) is 9.61. The second kappa shape index (κ2) is 4.52. The van der Waals surface area contributed by atoms with Crippen molar-refractivity contribution >= 4 is 12.6 Å². The van der Waals surface area contributed by atoms with Crippen LogP contribution in [0.4, 0.5) is 0 Å². The third kappa shape index (κ3) is 2.49. The van der Waals surface area contributed by atoms with E-state index in [4.69, 9.17) is 5.41 Å². The van der Waals surface area contributed by atoms with E-state index in [1.807, 2.05) is 31.3 Å². The van der Waals surface area contributed by atoms with Crippen molar-refractivity contribution in [2.75, 3.05) is 7.05 Å². The lowest BCUT2D eigenvalue weighted by molar-refractivity contribution is 0.818. The average molecular weight is 175 g/mol. The van der Waals surface area contributed by atoms with E-state index in [2.05, 4.69) is 17.0 Å². The number of benzene rings is 1. The molecule has 0 bridgehead atoms. The van der Waals surface area contributed by atoms with E-state index in [1.54, 1.807) is 0 Å². The molecule has 2 N–H and O–H groups in total. The Morgan fingerprint density at radius 3 is 3.00 bits per heavy atom. The molecule has 0 saturated heterocycles. The van der Waals surface area contributed by atoms with E-state index >= 15 is 0 Å². The van der Waals surface area contributed by atoms with E-state index in [1.165, 1.54) is 0 Å². The molecule has 68 valence electrons. The van der Waals surface area contributed by atoms with Gasteiger partial charge in [-0.05, 0) is 25.4 Å². The Labute approximate surface area is 78.0 Å². The first-order valence-corrected chi connectivity index (χ1v) is 4.07. The standard InChI is InChI=1S/C10H13N3/c1-12-7-8-4-3-5-9(6-8)10(11)13-2/h3-6,11-12H,2,7H2,1H3. The van der Waals surface area contributed by atoms with Crippen molar-refractivity contribution < 1.29 is 0 Å². The lowest BCUT2D eigenvalue weighted by Gasteiger charge is -2.02. The summed E-state index contributed by atoms with van der Waals surface area (Å²) in [6.45, 7) is 4.13. The summed E-state index contributed by atoms with van der Waals surface area (Å²) in [4.78, 5) is 3.57. The Bertz CT molecular complexity index is 318. The molecule has 0 radical (unpaired) electrons. The first-order chi connectivity index (χ1) is 6.27. The normalized spacial score (nSPS) is 9.62. The zero-order chi connectivity index (χ0) is 9.68. The van der Waals surface area contributed by atoms with Crippen molar-refractivity contribution in [2.45, 2.75) is 6.54 Å². The molecule has 0 fully saturated rings. The molecule has 13 heavy (non-hydrogen) atoms. The van der Waals surface area contributed by atoms with Crippen LogP contribution < -0.4 is 5.32 Å². The van der Waals surface area contributed by atoms with Gasteiger partial charge in [-0.25, -0.2) is 4.99 Å². The van der Waals surface area contributed by atoms with Gasteiger partial charge in [0.05, 0.1) is 0 Å². The molecule has 3 nitrogen and oxygen atoms in total. The van der Waals surface area contributed by atoms with Crippen LogP contribution in [0.25, 0.3) is 0 Å². The molecule has 0 spiro atoms. The number of nitrogens with zero attached hydrogens (tertiary/aromatic N) is 1. The highest BCUT2D eigenvalue weighted by Gasteiger charge is 1.98. The summed E-state index contributed by atoms with van der Waals surface area (Å²) < 4.78 is 0. The summed E-state index contributed by atoms with van der Waals surface area (Å²) >= 11 is 0. The van der Waals surface area contributed by atoms with Crippen molar-refractivity contribution in [1.82, 2.24) is 5.32 Å². The third-order valence-corrected chi connectivity index (χ3v) is 1.74. The van der Waals surface area contributed by atoms with Crippen LogP contribution >= 0.6 is 0 Å². The maximum Gasteiger partial charge on any atom is 0.151 e. The Hall–Kier alpha value is -1.48. The molecule has 0 aliphatic heterocycles. The van der Waals surface area contributed by atoms with Gasteiger partial charge >= 0.3 is 0 Å². The zero-order valence-electron chi connectivity index (χ0n) is 7.67. The van der Waals surface area contributed by atoms with Crippen molar-refractivity contribution in [3.8, 4) is 0 Å². The molecule has 0 aliphatic rings. The maximum absolute atomic E-state index is 7.46. The third-order valence-electron chi connectivity index (χ3n) is 1.74.